The molecule has 1 aromatic carbocycles. The number of benzene rings is 1. The molecular formula is C13H15ClNO3-. The van der Waals surface area contributed by atoms with Crippen molar-refractivity contribution < 1.29 is 14.7 Å². The van der Waals surface area contributed by atoms with Gasteiger partial charge in [-0.1, -0.05) is 31.9 Å². The highest BCUT2D eigenvalue weighted by Crippen LogP contribution is 2.11. The van der Waals surface area contributed by atoms with E-state index in [1.165, 1.54) is 0 Å². The summed E-state index contributed by atoms with van der Waals surface area (Å²) in [5, 5.41) is 14.0. The van der Waals surface area contributed by atoms with Gasteiger partial charge in [-0.05, 0) is 30.2 Å². The fourth-order valence-corrected chi connectivity index (χ4v) is 1.62. The minimum atomic E-state index is -1.27. The molecule has 0 aromatic heterocycles. The van der Waals surface area contributed by atoms with Gasteiger partial charge in [-0.3, -0.25) is 4.79 Å². The number of hydrogen-bond acceptors (Lipinski definition) is 3. The van der Waals surface area contributed by atoms with Crippen molar-refractivity contribution in [3.63, 3.8) is 0 Å². The molecule has 1 N–H and O–H groups in total. The summed E-state index contributed by atoms with van der Waals surface area (Å²) in [6.45, 7) is 3.61. The van der Waals surface area contributed by atoms with Crippen LogP contribution in [0.2, 0.25) is 5.02 Å². The maximum Gasteiger partial charge on any atom is 0.251 e. The average Bonchev–Trinajstić information content (AvgIpc) is 2.35. The van der Waals surface area contributed by atoms with Crippen LogP contribution in [0.25, 0.3) is 0 Å². The lowest BCUT2D eigenvalue weighted by atomic mass is 9.99. The Kier molecular flexibility index (Phi) is 5.16. The van der Waals surface area contributed by atoms with Crippen molar-refractivity contribution in [1.82, 2.24) is 5.32 Å². The van der Waals surface area contributed by atoms with Gasteiger partial charge in [0, 0.05) is 10.6 Å². The topological polar surface area (TPSA) is 69.2 Å². The summed E-state index contributed by atoms with van der Waals surface area (Å²) in [6, 6.07) is 5.25. The van der Waals surface area contributed by atoms with E-state index >= 15 is 0 Å². The van der Waals surface area contributed by atoms with Crippen molar-refractivity contribution in [2.45, 2.75) is 26.3 Å². The Bertz CT molecular complexity index is 430. The molecule has 0 saturated heterocycles. The molecule has 0 spiro atoms. The molecule has 1 amide bonds. The number of amides is 1. The lowest BCUT2D eigenvalue weighted by Gasteiger charge is -2.25. The molecule has 0 heterocycles. The summed E-state index contributed by atoms with van der Waals surface area (Å²) in [4.78, 5) is 22.8. The molecule has 0 bridgehead atoms. The minimum Gasteiger partial charge on any atom is -0.548 e. The number of carbonyl (C=O) groups excluding carboxylic acids is 2. The highest BCUT2D eigenvalue weighted by atomic mass is 35.5. The summed E-state index contributed by atoms with van der Waals surface area (Å²) >= 11 is 5.71. The van der Waals surface area contributed by atoms with Gasteiger partial charge in [-0.2, -0.15) is 0 Å². The van der Waals surface area contributed by atoms with Crippen LogP contribution in [0.15, 0.2) is 24.3 Å². The van der Waals surface area contributed by atoms with Gasteiger partial charge in [0.2, 0.25) is 0 Å². The Hall–Kier alpha value is -1.55. The number of carbonyl (C=O) groups is 2. The molecule has 2 atom stereocenters. The highest BCUT2D eigenvalue weighted by molar-refractivity contribution is 6.30. The second kappa shape index (κ2) is 6.40. The van der Waals surface area contributed by atoms with Gasteiger partial charge < -0.3 is 15.2 Å². The molecule has 0 aliphatic carbocycles. The molecule has 1 aromatic rings. The second-order valence-electron chi connectivity index (χ2n) is 4.16. The van der Waals surface area contributed by atoms with Crippen molar-refractivity contribution >= 4 is 23.5 Å². The average molecular weight is 269 g/mol. The van der Waals surface area contributed by atoms with Crippen LogP contribution in [0.3, 0.4) is 0 Å². The van der Waals surface area contributed by atoms with Gasteiger partial charge in [0.05, 0.1) is 12.0 Å². The van der Waals surface area contributed by atoms with Crippen LogP contribution < -0.4 is 10.4 Å². The highest BCUT2D eigenvalue weighted by Gasteiger charge is 2.19. The van der Waals surface area contributed by atoms with E-state index in [0.29, 0.717) is 17.0 Å². The van der Waals surface area contributed by atoms with Crippen molar-refractivity contribution in [2.75, 3.05) is 0 Å². The second-order valence-corrected chi connectivity index (χ2v) is 4.60. The first-order valence-electron chi connectivity index (χ1n) is 5.73. The van der Waals surface area contributed by atoms with Gasteiger partial charge in [0.25, 0.3) is 5.91 Å². The molecule has 5 heteroatoms. The Balaban J connectivity index is 2.78. The van der Waals surface area contributed by atoms with Crippen LogP contribution >= 0.6 is 11.6 Å². The van der Waals surface area contributed by atoms with Crippen molar-refractivity contribution in [1.29, 1.82) is 0 Å². The van der Waals surface area contributed by atoms with Crippen LogP contribution in [0.1, 0.15) is 30.6 Å². The van der Waals surface area contributed by atoms with E-state index in [1.807, 2.05) is 6.92 Å². The van der Waals surface area contributed by atoms with E-state index in [0.717, 1.165) is 0 Å². The zero-order valence-corrected chi connectivity index (χ0v) is 11.0. The van der Waals surface area contributed by atoms with Crippen LogP contribution in [-0.2, 0) is 4.79 Å². The summed E-state index contributed by atoms with van der Waals surface area (Å²) in [5.74, 6) is -1.90. The number of halogens is 1. The van der Waals surface area contributed by atoms with Crippen molar-refractivity contribution in [3.05, 3.63) is 34.9 Å². The molecule has 0 saturated carbocycles. The van der Waals surface area contributed by atoms with Gasteiger partial charge in [-0.15, -0.1) is 0 Å². The van der Waals surface area contributed by atoms with Crippen molar-refractivity contribution in [2.24, 2.45) is 5.92 Å². The largest absolute Gasteiger partial charge is 0.548 e. The maximum absolute atomic E-state index is 11.8. The molecule has 0 unspecified atom stereocenters. The molecule has 4 nitrogen and oxygen atoms in total. The van der Waals surface area contributed by atoms with Crippen LogP contribution in [0.5, 0.6) is 0 Å². The molecule has 1 rings (SSSR count). The molecule has 0 aliphatic heterocycles. The Morgan fingerprint density at radius 2 is 1.89 bits per heavy atom. The van der Waals surface area contributed by atoms with Gasteiger partial charge in [0.1, 0.15) is 0 Å². The first-order valence-corrected chi connectivity index (χ1v) is 6.10. The van der Waals surface area contributed by atoms with Crippen LogP contribution in [-0.4, -0.2) is 17.9 Å². The fourth-order valence-electron chi connectivity index (χ4n) is 1.50. The monoisotopic (exact) mass is 268 g/mol. The zero-order valence-electron chi connectivity index (χ0n) is 10.3. The lowest BCUT2D eigenvalue weighted by Crippen LogP contribution is -2.51. The summed E-state index contributed by atoms with van der Waals surface area (Å²) in [5.41, 5.74) is 0.369. The molecule has 0 aliphatic rings. The van der Waals surface area contributed by atoms with E-state index in [4.69, 9.17) is 11.6 Å². The minimum absolute atomic E-state index is 0.189. The Labute approximate surface area is 111 Å². The van der Waals surface area contributed by atoms with Crippen LogP contribution in [0, 0.1) is 5.92 Å². The first-order chi connectivity index (χ1) is 8.45. The fraction of sp³-hybridized carbons (Fsp3) is 0.385. The van der Waals surface area contributed by atoms with E-state index in [-0.39, 0.29) is 5.92 Å². The smallest absolute Gasteiger partial charge is 0.251 e. The van der Waals surface area contributed by atoms with Gasteiger partial charge >= 0.3 is 0 Å². The van der Waals surface area contributed by atoms with E-state index in [9.17, 15) is 14.7 Å². The lowest BCUT2D eigenvalue weighted by molar-refractivity contribution is -0.309. The molecule has 0 fully saturated rings. The number of aliphatic carboxylic acids is 1. The third-order valence-electron chi connectivity index (χ3n) is 2.86. The maximum atomic E-state index is 11.8. The number of nitrogens with one attached hydrogen (secondary N) is 1. The van der Waals surface area contributed by atoms with E-state index in [2.05, 4.69) is 5.32 Å². The Morgan fingerprint density at radius 3 is 2.33 bits per heavy atom. The summed E-state index contributed by atoms with van der Waals surface area (Å²) in [6.07, 6.45) is 0.638. The zero-order chi connectivity index (χ0) is 13.7. The SMILES string of the molecule is CC[C@@H](C)[C@@H](NC(=O)c1ccc(Cl)cc1)C(=O)[O-]. The quantitative estimate of drug-likeness (QED) is 0.873. The van der Waals surface area contributed by atoms with E-state index in [1.54, 1.807) is 31.2 Å². The molecule has 0 radical (unpaired) electrons. The number of rotatable bonds is 5. The summed E-state index contributed by atoms with van der Waals surface area (Å²) < 4.78 is 0. The molecule has 98 valence electrons. The van der Waals surface area contributed by atoms with E-state index < -0.39 is 17.9 Å². The number of carboxylic acid groups (broad SMARTS) is 1. The molecule has 18 heavy (non-hydrogen) atoms. The normalized spacial score (nSPS) is 13.7. The van der Waals surface area contributed by atoms with Gasteiger partial charge in [0.15, 0.2) is 0 Å². The predicted molar refractivity (Wildman–Crippen MR) is 67.2 cm³/mol. The van der Waals surface area contributed by atoms with Crippen LogP contribution in [0.4, 0.5) is 0 Å². The number of hydrogen-bond donors (Lipinski definition) is 1. The standard InChI is InChI=1S/C13H16ClNO3/c1-3-8(2)11(13(17)18)15-12(16)9-4-6-10(14)7-5-9/h4-8,11H,3H2,1-2H3,(H,15,16)(H,17,18)/p-1/t8-,11-/m1/s1. The first kappa shape index (κ1) is 14.5. The summed E-state index contributed by atoms with van der Waals surface area (Å²) in [7, 11) is 0. The Morgan fingerprint density at radius 1 is 1.33 bits per heavy atom. The van der Waals surface area contributed by atoms with Gasteiger partial charge in [-0.25, -0.2) is 0 Å². The third-order valence-corrected chi connectivity index (χ3v) is 3.11. The molecular weight excluding hydrogens is 254 g/mol. The predicted octanol–water partition coefficient (Wildman–Crippen LogP) is 1.23. The number of carboxylic acids is 1. The van der Waals surface area contributed by atoms with Crippen molar-refractivity contribution in [3.8, 4) is 0 Å². The third kappa shape index (κ3) is 3.74.